The molecule has 1 rings (SSSR count). The van der Waals surface area contributed by atoms with E-state index in [2.05, 4.69) is 26.8 Å². The number of hydrogen-bond donors (Lipinski definition) is 0. The maximum absolute atomic E-state index is 8.49. The van der Waals surface area contributed by atoms with Gasteiger partial charge in [0.05, 0.1) is 12.0 Å². The van der Waals surface area contributed by atoms with Gasteiger partial charge in [-0.05, 0) is 17.8 Å². The van der Waals surface area contributed by atoms with Crippen molar-refractivity contribution in [3.8, 4) is 6.07 Å². The first-order valence-corrected chi connectivity index (χ1v) is 3.45. The van der Waals surface area contributed by atoms with Crippen molar-refractivity contribution < 1.29 is 0 Å². The highest BCUT2D eigenvalue weighted by Crippen LogP contribution is 2.49. The molecule has 0 aliphatic heterocycles. The second-order valence-electron chi connectivity index (χ2n) is 3.94. The predicted molar refractivity (Wildman–Crippen MR) is 36.7 cm³/mol. The lowest BCUT2D eigenvalue weighted by atomic mass is 9.89. The number of hydrogen-bond acceptors (Lipinski definition) is 1. The highest BCUT2D eigenvalue weighted by atomic mass is 14.5. The van der Waals surface area contributed by atoms with E-state index < -0.39 is 0 Å². The summed E-state index contributed by atoms with van der Waals surface area (Å²) in [5.74, 6) is 1.03. The van der Waals surface area contributed by atoms with Gasteiger partial charge in [0.15, 0.2) is 0 Å². The second kappa shape index (κ2) is 1.73. The fourth-order valence-corrected chi connectivity index (χ4v) is 1.29. The Balaban J connectivity index is 2.45. The highest BCUT2D eigenvalue weighted by Gasteiger charge is 2.45. The average molecular weight is 123 g/mol. The van der Waals surface area contributed by atoms with Gasteiger partial charge in [-0.2, -0.15) is 5.26 Å². The SMILES string of the molecule is CC(C)(C)C1CC1C#N. The number of nitrogens with zero attached hydrogens (tertiary/aromatic N) is 1. The van der Waals surface area contributed by atoms with Gasteiger partial charge in [-0.3, -0.25) is 0 Å². The minimum atomic E-state index is 0.362. The van der Waals surface area contributed by atoms with Crippen LogP contribution in [0.2, 0.25) is 0 Å². The van der Waals surface area contributed by atoms with Gasteiger partial charge in [-0.1, -0.05) is 20.8 Å². The molecule has 0 radical (unpaired) electrons. The summed E-state index contributed by atoms with van der Waals surface area (Å²) in [6.45, 7) is 6.61. The molecule has 0 N–H and O–H groups in total. The van der Waals surface area contributed by atoms with Crippen molar-refractivity contribution in [1.82, 2.24) is 0 Å². The molecular formula is C8H13N. The third-order valence-electron chi connectivity index (χ3n) is 2.07. The Labute approximate surface area is 56.7 Å². The Morgan fingerprint density at radius 2 is 2.00 bits per heavy atom. The van der Waals surface area contributed by atoms with E-state index in [1.165, 1.54) is 0 Å². The fourth-order valence-electron chi connectivity index (χ4n) is 1.29. The molecule has 0 saturated heterocycles. The third-order valence-corrected chi connectivity index (χ3v) is 2.07. The number of rotatable bonds is 0. The molecule has 1 aliphatic rings. The molecule has 50 valence electrons. The molecule has 0 amide bonds. The maximum Gasteiger partial charge on any atom is 0.0659 e. The summed E-state index contributed by atoms with van der Waals surface area (Å²) >= 11 is 0. The monoisotopic (exact) mass is 123 g/mol. The molecule has 0 aromatic rings. The maximum atomic E-state index is 8.49. The molecule has 0 aromatic carbocycles. The van der Waals surface area contributed by atoms with E-state index in [0.29, 0.717) is 17.3 Å². The summed E-state index contributed by atoms with van der Waals surface area (Å²) in [5, 5.41) is 8.49. The largest absolute Gasteiger partial charge is 0.198 e. The van der Waals surface area contributed by atoms with Crippen molar-refractivity contribution in [2.75, 3.05) is 0 Å². The summed E-state index contributed by atoms with van der Waals surface area (Å²) in [6.07, 6.45) is 1.12. The Hall–Kier alpha value is -0.510. The Kier molecular flexibility index (Phi) is 1.27. The zero-order valence-corrected chi connectivity index (χ0v) is 6.31. The minimum absolute atomic E-state index is 0.362. The van der Waals surface area contributed by atoms with E-state index in [9.17, 15) is 0 Å². The van der Waals surface area contributed by atoms with Crippen LogP contribution in [0, 0.1) is 28.6 Å². The van der Waals surface area contributed by atoms with Crippen molar-refractivity contribution in [3.63, 3.8) is 0 Å². The molecule has 0 aromatic heterocycles. The molecule has 1 fully saturated rings. The molecule has 2 atom stereocenters. The zero-order chi connectivity index (χ0) is 7.07. The molecule has 1 aliphatic carbocycles. The van der Waals surface area contributed by atoms with Crippen LogP contribution in [0.15, 0.2) is 0 Å². The molecule has 9 heavy (non-hydrogen) atoms. The van der Waals surface area contributed by atoms with Crippen molar-refractivity contribution in [1.29, 1.82) is 5.26 Å². The lowest BCUT2D eigenvalue weighted by molar-refractivity contribution is 0.341. The molecule has 0 spiro atoms. The van der Waals surface area contributed by atoms with E-state index in [1.54, 1.807) is 0 Å². The normalized spacial score (nSPS) is 33.6. The van der Waals surface area contributed by atoms with Gasteiger partial charge in [0.25, 0.3) is 0 Å². The Bertz CT molecular complexity index is 147. The van der Waals surface area contributed by atoms with Crippen LogP contribution in [0.1, 0.15) is 27.2 Å². The van der Waals surface area contributed by atoms with Crippen LogP contribution in [0.4, 0.5) is 0 Å². The lowest BCUT2D eigenvalue weighted by Gasteiger charge is -2.16. The van der Waals surface area contributed by atoms with Crippen LogP contribution in [-0.2, 0) is 0 Å². The zero-order valence-electron chi connectivity index (χ0n) is 6.31. The quantitative estimate of drug-likeness (QED) is 0.484. The molecule has 1 heteroatoms. The topological polar surface area (TPSA) is 23.8 Å². The van der Waals surface area contributed by atoms with E-state index in [0.717, 1.165) is 6.42 Å². The third kappa shape index (κ3) is 1.24. The van der Waals surface area contributed by atoms with Crippen LogP contribution in [0.3, 0.4) is 0 Å². The highest BCUT2D eigenvalue weighted by molar-refractivity contribution is 5.05. The molecular weight excluding hydrogens is 110 g/mol. The van der Waals surface area contributed by atoms with Gasteiger partial charge in [0.1, 0.15) is 0 Å². The smallest absolute Gasteiger partial charge is 0.0659 e. The van der Waals surface area contributed by atoms with Gasteiger partial charge in [-0.15, -0.1) is 0 Å². The average Bonchev–Trinajstić information content (AvgIpc) is 2.39. The van der Waals surface area contributed by atoms with Gasteiger partial charge in [-0.25, -0.2) is 0 Å². The summed E-state index contributed by atoms with van der Waals surface area (Å²) in [6, 6.07) is 2.30. The van der Waals surface area contributed by atoms with E-state index in [4.69, 9.17) is 5.26 Å². The first-order chi connectivity index (χ1) is 4.05. The van der Waals surface area contributed by atoms with E-state index in [-0.39, 0.29) is 0 Å². The van der Waals surface area contributed by atoms with E-state index >= 15 is 0 Å². The van der Waals surface area contributed by atoms with Crippen LogP contribution < -0.4 is 0 Å². The summed E-state index contributed by atoms with van der Waals surface area (Å²) < 4.78 is 0. The predicted octanol–water partition coefficient (Wildman–Crippen LogP) is 2.19. The second-order valence-corrected chi connectivity index (χ2v) is 3.94. The molecule has 0 bridgehead atoms. The van der Waals surface area contributed by atoms with Crippen molar-refractivity contribution in [2.24, 2.45) is 17.3 Å². The first-order valence-electron chi connectivity index (χ1n) is 3.45. The molecule has 1 saturated carbocycles. The Morgan fingerprint density at radius 1 is 1.44 bits per heavy atom. The van der Waals surface area contributed by atoms with Gasteiger partial charge >= 0.3 is 0 Å². The van der Waals surface area contributed by atoms with Crippen LogP contribution in [0.25, 0.3) is 0 Å². The summed E-state index contributed by atoms with van der Waals surface area (Å²) in [7, 11) is 0. The molecule has 2 unspecified atom stereocenters. The van der Waals surface area contributed by atoms with Crippen LogP contribution >= 0.6 is 0 Å². The van der Waals surface area contributed by atoms with Crippen molar-refractivity contribution in [2.45, 2.75) is 27.2 Å². The number of nitriles is 1. The summed E-state index contributed by atoms with van der Waals surface area (Å²) in [5.41, 5.74) is 0.362. The van der Waals surface area contributed by atoms with Gasteiger partial charge in [0, 0.05) is 0 Å². The van der Waals surface area contributed by atoms with Gasteiger partial charge in [0.2, 0.25) is 0 Å². The molecule has 0 heterocycles. The Morgan fingerprint density at radius 3 is 2.11 bits per heavy atom. The lowest BCUT2D eigenvalue weighted by Crippen LogP contribution is -2.08. The standard InChI is InChI=1S/C8H13N/c1-8(2,3)7-4-6(7)5-9/h6-7H,4H2,1-3H3. The first kappa shape index (κ1) is 6.61. The van der Waals surface area contributed by atoms with Crippen molar-refractivity contribution in [3.05, 3.63) is 0 Å². The van der Waals surface area contributed by atoms with Crippen LogP contribution in [-0.4, -0.2) is 0 Å². The fraction of sp³-hybridized carbons (Fsp3) is 0.875. The van der Waals surface area contributed by atoms with E-state index in [1.807, 2.05) is 0 Å². The summed E-state index contributed by atoms with van der Waals surface area (Å²) in [4.78, 5) is 0. The molecule has 1 nitrogen and oxygen atoms in total. The minimum Gasteiger partial charge on any atom is -0.198 e. The van der Waals surface area contributed by atoms with Gasteiger partial charge < -0.3 is 0 Å². The van der Waals surface area contributed by atoms with Crippen molar-refractivity contribution >= 4 is 0 Å². The van der Waals surface area contributed by atoms with Crippen LogP contribution in [0.5, 0.6) is 0 Å².